The second kappa shape index (κ2) is 4.90. The van der Waals surface area contributed by atoms with Crippen molar-refractivity contribution in [1.29, 1.82) is 0 Å². The van der Waals surface area contributed by atoms with Gasteiger partial charge >= 0.3 is 0 Å². The summed E-state index contributed by atoms with van der Waals surface area (Å²) in [6.45, 7) is 1.93. The van der Waals surface area contributed by atoms with Gasteiger partial charge in [-0.15, -0.1) is 0 Å². The van der Waals surface area contributed by atoms with Crippen LogP contribution in [0.5, 0.6) is 0 Å². The van der Waals surface area contributed by atoms with Gasteiger partial charge in [0.1, 0.15) is 6.10 Å². The van der Waals surface area contributed by atoms with E-state index in [0.29, 0.717) is 11.3 Å². The first kappa shape index (κ1) is 12.6. The van der Waals surface area contributed by atoms with Crippen LogP contribution in [0.3, 0.4) is 0 Å². The van der Waals surface area contributed by atoms with Crippen LogP contribution in [0.15, 0.2) is 53.5 Å². The number of para-hydroxylation sites is 1. The number of nitrogens with one attached hydrogen (secondary N) is 1. The number of aromatic amines is 1. The summed E-state index contributed by atoms with van der Waals surface area (Å²) in [5.74, 6) is 0. The lowest BCUT2D eigenvalue weighted by Gasteiger charge is -2.13. The first-order chi connectivity index (χ1) is 9.66. The Labute approximate surface area is 115 Å². The molecule has 0 saturated carbocycles. The Morgan fingerprint density at radius 3 is 2.80 bits per heavy atom. The molecule has 0 aliphatic rings. The molecule has 0 saturated heterocycles. The highest BCUT2D eigenvalue weighted by Crippen LogP contribution is 2.26. The smallest absolute Gasteiger partial charge is 0.248 e. The summed E-state index contributed by atoms with van der Waals surface area (Å²) >= 11 is 0. The predicted molar refractivity (Wildman–Crippen MR) is 77.6 cm³/mol. The van der Waals surface area contributed by atoms with Crippen LogP contribution >= 0.6 is 0 Å². The summed E-state index contributed by atoms with van der Waals surface area (Å²) in [6, 6.07) is 12.5. The van der Waals surface area contributed by atoms with Gasteiger partial charge in [0.2, 0.25) is 5.56 Å². The standard InChI is InChI=1S/C16H14N2O2/c1-10-5-4-6-11-12(9-14(19)18-15(10)11)16(20)13-7-2-3-8-17-13/h2-9,16,20H,1H3,(H,18,19). The molecule has 0 fully saturated rings. The molecule has 0 amide bonds. The molecule has 100 valence electrons. The van der Waals surface area contributed by atoms with Crippen molar-refractivity contribution in [2.24, 2.45) is 0 Å². The number of aliphatic hydroxyl groups excluding tert-OH is 1. The molecule has 3 rings (SSSR count). The number of aliphatic hydroxyl groups is 1. The van der Waals surface area contributed by atoms with Crippen molar-refractivity contribution in [2.45, 2.75) is 13.0 Å². The van der Waals surface area contributed by atoms with Crippen LogP contribution in [0.1, 0.15) is 22.9 Å². The Morgan fingerprint density at radius 1 is 1.20 bits per heavy atom. The Kier molecular flexibility index (Phi) is 3.08. The molecule has 4 nitrogen and oxygen atoms in total. The zero-order valence-electron chi connectivity index (χ0n) is 11.0. The second-order valence-electron chi connectivity index (χ2n) is 4.74. The molecule has 3 aromatic rings. The molecule has 2 heterocycles. The molecule has 1 unspecified atom stereocenters. The molecule has 2 N–H and O–H groups in total. The highest BCUT2D eigenvalue weighted by Gasteiger charge is 2.16. The summed E-state index contributed by atoms with van der Waals surface area (Å²) in [7, 11) is 0. The molecule has 20 heavy (non-hydrogen) atoms. The van der Waals surface area contributed by atoms with Crippen molar-refractivity contribution in [2.75, 3.05) is 0 Å². The average Bonchev–Trinajstić information content (AvgIpc) is 2.48. The molecule has 1 aromatic carbocycles. The number of rotatable bonds is 2. The van der Waals surface area contributed by atoms with Crippen molar-refractivity contribution in [3.05, 3.63) is 75.8 Å². The number of H-pyrrole nitrogens is 1. The molecule has 0 aliphatic carbocycles. The minimum Gasteiger partial charge on any atom is -0.382 e. The van der Waals surface area contributed by atoms with Crippen molar-refractivity contribution >= 4 is 10.9 Å². The average molecular weight is 266 g/mol. The summed E-state index contributed by atoms with van der Waals surface area (Å²) in [4.78, 5) is 18.8. The number of pyridine rings is 2. The van der Waals surface area contributed by atoms with Gasteiger partial charge in [-0.2, -0.15) is 0 Å². The number of benzene rings is 1. The van der Waals surface area contributed by atoms with Gasteiger partial charge in [0.05, 0.1) is 11.2 Å². The first-order valence-corrected chi connectivity index (χ1v) is 6.38. The maximum Gasteiger partial charge on any atom is 0.248 e. The molecule has 0 radical (unpaired) electrons. The maximum absolute atomic E-state index is 11.8. The Balaban J connectivity index is 2.26. The Bertz CT molecular complexity index is 810. The van der Waals surface area contributed by atoms with Crippen molar-refractivity contribution in [3.63, 3.8) is 0 Å². The molecule has 4 heteroatoms. The molecular weight excluding hydrogens is 252 g/mol. The quantitative estimate of drug-likeness (QED) is 0.748. The lowest BCUT2D eigenvalue weighted by Crippen LogP contribution is -2.11. The van der Waals surface area contributed by atoms with Crippen molar-refractivity contribution in [1.82, 2.24) is 9.97 Å². The van der Waals surface area contributed by atoms with Gasteiger partial charge in [-0.05, 0) is 24.6 Å². The lowest BCUT2D eigenvalue weighted by atomic mass is 10.00. The minimum absolute atomic E-state index is 0.225. The normalized spacial score (nSPS) is 12.5. The van der Waals surface area contributed by atoms with Crippen LogP contribution in [-0.4, -0.2) is 15.1 Å². The largest absolute Gasteiger partial charge is 0.382 e. The number of hydrogen-bond donors (Lipinski definition) is 2. The fourth-order valence-electron chi connectivity index (χ4n) is 2.38. The topological polar surface area (TPSA) is 66.0 Å². The third kappa shape index (κ3) is 2.10. The lowest BCUT2D eigenvalue weighted by molar-refractivity contribution is 0.216. The van der Waals surface area contributed by atoms with Gasteiger partial charge in [-0.1, -0.05) is 24.3 Å². The van der Waals surface area contributed by atoms with E-state index in [2.05, 4.69) is 9.97 Å². The maximum atomic E-state index is 11.8. The van der Waals surface area contributed by atoms with Gasteiger partial charge in [-0.3, -0.25) is 9.78 Å². The third-order valence-electron chi connectivity index (χ3n) is 3.38. The monoisotopic (exact) mass is 266 g/mol. The van der Waals surface area contributed by atoms with E-state index in [1.54, 1.807) is 18.3 Å². The van der Waals surface area contributed by atoms with Gasteiger partial charge < -0.3 is 10.1 Å². The van der Waals surface area contributed by atoms with E-state index in [-0.39, 0.29) is 5.56 Å². The van der Waals surface area contributed by atoms with E-state index in [9.17, 15) is 9.90 Å². The minimum atomic E-state index is -0.914. The third-order valence-corrected chi connectivity index (χ3v) is 3.38. The van der Waals surface area contributed by atoms with E-state index in [0.717, 1.165) is 16.5 Å². The summed E-state index contributed by atoms with van der Waals surface area (Å²) in [5.41, 5.74) is 2.60. The van der Waals surface area contributed by atoms with E-state index in [4.69, 9.17) is 0 Å². The zero-order chi connectivity index (χ0) is 14.1. The van der Waals surface area contributed by atoms with Crippen LogP contribution in [-0.2, 0) is 0 Å². The van der Waals surface area contributed by atoms with E-state index < -0.39 is 6.10 Å². The van der Waals surface area contributed by atoms with Crippen LogP contribution in [0.4, 0.5) is 0 Å². The molecule has 0 spiro atoms. The van der Waals surface area contributed by atoms with Crippen LogP contribution in [0, 0.1) is 6.92 Å². The number of aryl methyl sites for hydroxylation is 1. The summed E-state index contributed by atoms with van der Waals surface area (Å²) < 4.78 is 0. The zero-order valence-corrected chi connectivity index (χ0v) is 11.0. The van der Waals surface area contributed by atoms with Gasteiger partial charge in [0, 0.05) is 23.2 Å². The SMILES string of the molecule is Cc1cccc2c(C(O)c3ccccn3)cc(=O)[nH]c12. The van der Waals surface area contributed by atoms with Crippen molar-refractivity contribution in [3.8, 4) is 0 Å². The summed E-state index contributed by atoms with van der Waals surface area (Å²) in [6.07, 6.45) is 0.710. The molecule has 2 aromatic heterocycles. The fourth-order valence-corrected chi connectivity index (χ4v) is 2.38. The molecule has 0 aliphatic heterocycles. The summed E-state index contributed by atoms with van der Waals surface area (Å²) in [5, 5.41) is 11.3. The number of fused-ring (bicyclic) bond motifs is 1. The molecule has 1 atom stereocenters. The van der Waals surface area contributed by atoms with Gasteiger partial charge in [0.15, 0.2) is 0 Å². The highest BCUT2D eigenvalue weighted by molar-refractivity contribution is 5.85. The van der Waals surface area contributed by atoms with Crippen LogP contribution in [0.25, 0.3) is 10.9 Å². The molecular formula is C16H14N2O2. The van der Waals surface area contributed by atoms with E-state index in [1.165, 1.54) is 6.07 Å². The fraction of sp³-hybridized carbons (Fsp3) is 0.125. The molecule has 0 bridgehead atoms. The Morgan fingerprint density at radius 2 is 2.05 bits per heavy atom. The van der Waals surface area contributed by atoms with E-state index in [1.807, 2.05) is 31.2 Å². The van der Waals surface area contributed by atoms with Gasteiger partial charge in [-0.25, -0.2) is 0 Å². The van der Waals surface area contributed by atoms with E-state index >= 15 is 0 Å². The number of nitrogens with zero attached hydrogens (tertiary/aromatic N) is 1. The number of aromatic nitrogens is 2. The van der Waals surface area contributed by atoms with Crippen LogP contribution < -0.4 is 5.56 Å². The highest BCUT2D eigenvalue weighted by atomic mass is 16.3. The predicted octanol–water partition coefficient (Wildman–Crippen LogP) is 2.31. The van der Waals surface area contributed by atoms with Crippen LogP contribution in [0.2, 0.25) is 0 Å². The van der Waals surface area contributed by atoms with Crippen molar-refractivity contribution < 1.29 is 5.11 Å². The first-order valence-electron chi connectivity index (χ1n) is 6.38. The number of hydrogen-bond acceptors (Lipinski definition) is 3. The van der Waals surface area contributed by atoms with Gasteiger partial charge in [0.25, 0.3) is 0 Å². The Hall–Kier alpha value is -2.46. The second-order valence-corrected chi connectivity index (χ2v) is 4.74.